The van der Waals surface area contributed by atoms with Crippen LogP contribution in [0.2, 0.25) is 0 Å². The molecule has 0 aromatic carbocycles. The monoisotopic (exact) mass is 169 g/mol. The number of carboxylic acids is 1. The molecule has 0 aromatic rings. The molecule has 0 rings (SSSR count). The third kappa shape index (κ3) is 6.62. The van der Waals surface area contributed by atoms with E-state index in [0.29, 0.717) is 13.0 Å². The molecule has 0 aromatic heterocycles. The van der Waals surface area contributed by atoms with Crippen LogP contribution >= 0.6 is 0 Å². The van der Waals surface area contributed by atoms with Crippen LogP contribution in [-0.4, -0.2) is 23.5 Å². The van der Waals surface area contributed by atoms with Gasteiger partial charge in [0.25, 0.3) is 0 Å². The summed E-state index contributed by atoms with van der Waals surface area (Å²) in [7, 11) is 0. The first kappa shape index (κ1) is 10.5. The highest BCUT2D eigenvalue weighted by atomic mass is 16.4. The van der Waals surface area contributed by atoms with Gasteiger partial charge in [-0.1, -0.05) is 0 Å². The zero-order chi connectivity index (χ0) is 9.40. The van der Waals surface area contributed by atoms with E-state index in [1.807, 2.05) is 0 Å². The minimum atomic E-state index is -0.970. The smallest absolute Gasteiger partial charge is 0.303 e. The summed E-state index contributed by atoms with van der Waals surface area (Å²) in [6.07, 6.45) is 5.29. The Kier molecular flexibility index (Phi) is 5.45. The van der Waals surface area contributed by atoms with Crippen molar-refractivity contribution >= 4 is 11.9 Å². The first-order chi connectivity index (χ1) is 5.66. The van der Waals surface area contributed by atoms with Crippen LogP contribution in [0.3, 0.4) is 0 Å². The Labute approximate surface area is 71.0 Å². The number of nitrogens with one attached hydrogen (secondary N) is 1. The van der Waals surface area contributed by atoms with Crippen LogP contribution in [0.5, 0.6) is 0 Å². The van der Waals surface area contributed by atoms with Gasteiger partial charge in [0.05, 0.1) is 6.42 Å². The van der Waals surface area contributed by atoms with Crippen LogP contribution in [0.25, 0.3) is 0 Å². The van der Waals surface area contributed by atoms with E-state index in [4.69, 9.17) is 11.5 Å². The fraction of sp³-hybridized carbons (Fsp3) is 0.500. The molecule has 0 atom stereocenters. The summed E-state index contributed by atoms with van der Waals surface area (Å²) in [5.74, 6) is 1.12. The number of carboxylic acid groups (broad SMARTS) is 1. The van der Waals surface area contributed by atoms with E-state index < -0.39 is 5.97 Å². The van der Waals surface area contributed by atoms with Crippen molar-refractivity contribution < 1.29 is 14.7 Å². The molecule has 0 saturated carbocycles. The molecule has 0 fully saturated rings. The highest BCUT2D eigenvalue weighted by molar-refractivity contribution is 5.80. The van der Waals surface area contributed by atoms with Gasteiger partial charge in [-0.05, 0) is 0 Å². The van der Waals surface area contributed by atoms with Gasteiger partial charge in [0.2, 0.25) is 5.91 Å². The largest absolute Gasteiger partial charge is 0.481 e. The van der Waals surface area contributed by atoms with Crippen molar-refractivity contribution in [3.05, 3.63) is 0 Å². The highest BCUT2D eigenvalue weighted by Crippen LogP contribution is 1.88. The number of hydrogen-bond donors (Lipinski definition) is 2. The summed E-state index contributed by atoms with van der Waals surface area (Å²) < 4.78 is 0. The maximum absolute atomic E-state index is 10.8. The maximum Gasteiger partial charge on any atom is 0.303 e. The molecule has 0 saturated heterocycles. The van der Waals surface area contributed by atoms with Gasteiger partial charge in [-0.2, -0.15) is 0 Å². The fourth-order valence-electron chi connectivity index (χ4n) is 0.583. The minimum Gasteiger partial charge on any atom is -0.481 e. The van der Waals surface area contributed by atoms with Gasteiger partial charge in [0.15, 0.2) is 0 Å². The maximum atomic E-state index is 10.8. The summed E-state index contributed by atoms with van der Waals surface area (Å²) >= 11 is 0. The quantitative estimate of drug-likeness (QED) is 0.449. The van der Waals surface area contributed by atoms with E-state index in [1.165, 1.54) is 0 Å². The molecule has 0 radical (unpaired) electrons. The van der Waals surface area contributed by atoms with E-state index in [9.17, 15) is 9.59 Å². The summed E-state index contributed by atoms with van der Waals surface area (Å²) in [6, 6.07) is 0. The molecule has 1 amide bonds. The summed E-state index contributed by atoms with van der Waals surface area (Å²) in [5.41, 5.74) is 0. The zero-order valence-corrected chi connectivity index (χ0v) is 6.67. The van der Waals surface area contributed by atoms with E-state index in [2.05, 4.69) is 11.2 Å². The number of rotatable bonds is 5. The van der Waals surface area contributed by atoms with Crippen LogP contribution in [0, 0.1) is 12.3 Å². The van der Waals surface area contributed by atoms with Gasteiger partial charge >= 0.3 is 5.97 Å². The molecule has 2 N–H and O–H groups in total. The normalized spacial score (nSPS) is 8.58. The van der Waals surface area contributed by atoms with Crippen LogP contribution in [0.1, 0.15) is 19.3 Å². The second-order valence-electron chi connectivity index (χ2n) is 2.20. The standard InChI is InChI=1S/C8H11NO3/c1-2-3-6-9-7(10)4-5-8(11)12/h1H,3-6H2,(H,9,10)(H,11,12). The van der Waals surface area contributed by atoms with E-state index in [-0.39, 0.29) is 18.7 Å². The van der Waals surface area contributed by atoms with Crippen molar-refractivity contribution in [3.8, 4) is 12.3 Å². The molecular weight excluding hydrogens is 158 g/mol. The van der Waals surface area contributed by atoms with Gasteiger partial charge in [-0.25, -0.2) is 0 Å². The molecule has 0 spiro atoms. The molecule has 0 unspecified atom stereocenters. The zero-order valence-electron chi connectivity index (χ0n) is 6.67. The number of hydrogen-bond acceptors (Lipinski definition) is 2. The van der Waals surface area contributed by atoms with Crippen molar-refractivity contribution in [2.24, 2.45) is 0 Å². The lowest BCUT2D eigenvalue weighted by Crippen LogP contribution is -2.24. The second-order valence-corrected chi connectivity index (χ2v) is 2.20. The van der Waals surface area contributed by atoms with Crippen molar-refractivity contribution in [1.82, 2.24) is 5.32 Å². The molecule has 4 nitrogen and oxygen atoms in total. The first-order valence-electron chi connectivity index (χ1n) is 3.58. The van der Waals surface area contributed by atoms with Crippen molar-refractivity contribution in [2.75, 3.05) is 6.54 Å². The molecular formula is C8H11NO3. The number of terminal acetylenes is 1. The third-order valence-electron chi connectivity index (χ3n) is 1.16. The van der Waals surface area contributed by atoms with Crippen molar-refractivity contribution in [3.63, 3.8) is 0 Å². The predicted octanol–water partition coefficient (Wildman–Crippen LogP) is -0.00930. The Morgan fingerprint density at radius 3 is 2.58 bits per heavy atom. The Morgan fingerprint density at radius 2 is 2.08 bits per heavy atom. The topological polar surface area (TPSA) is 66.4 Å². The van der Waals surface area contributed by atoms with Gasteiger partial charge in [0, 0.05) is 19.4 Å². The number of amides is 1. The van der Waals surface area contributed by atoms with Crippen LogP contribution < -0.4 is 5.32 Å². The molecule has 0 aliphatic carbocycles. The molecule has 12 heavy (non-hydrogen) atoms. The Bertz CT molecular complexity index is 205. The minimum absolute atomic E-state index is 0.0138. The van der Waals surface area contributed by atoms with Crippen molar-refractivity contribution in [1.29, 1.82) is 0 Å². The van der Waals surface area contributed by atoms with Gasteiger partial charge in [-0.3, -0.25) is 9.59 Å². The number of aliphatic carboxylic acids is 1. The Hall–Kier alpha value is -1.50. The molecule has 66 valence electrons. The molecule has 0 heterocycles. The number of carbonyl (C=O) groups is 2. The van der Waals surface area contributed by atoms with Crippen LogP contribution in [0.4, 0.5) is 0 Å². The van der Waals surface area contributed by atoms with E-state index >= 15 is 0 Å². The highest BCUT2D eigenvalue weighted by Gasteiger charge is 2.03. The van der Waals surface area contributed by atoms with Gasteiger partial charge in [0.1, 0.15) is 0 Å². The molecule has 0 aliphatic heterocycles. The summed E-state index contributed by atoms with van der Waals surface area (Å²) in [4.78, 5) is 20.8. The molecule has 0 bridgehead atoms. The Balaban J connectivity index is 3.35. The van der Waals surface area contributed by atoms with Gasteiger partial charge in [-0.15, -0.1) is 12.3 Å². The first-order valence-corrected chi connectivity index (χ1v) is 3.58. The van der Waals surface area contributed by atoms with E-state index in [1.54, 1.807) is 0 Å². The lowest BCUT2D eigenvalue weighted by molar-refractivity contribution is -0.138. The van der Waals surface area contributed by atoms with Crippen molar-refractivity contribution in [2.45, 2.75) is 19.3 Å². The lowest BCUT2D eigenvalue weighted by Gasteiger charge is -1.99. The second kappa shape index (κ2) is 6.23. The fourth-order valence-corrected chi connectivity index (χ4v) is 0.583. The average molecular weight is 169 g/mol. The van der Waals surface area contributed by atoms with Crippen LogP contribution in [0.15, 0.2) is 0 Å². The van der Waals surface area contributed by atoms with Gasteiger partial charge < -0.3 is 10.4 Å². The lowest BCUT2D eigenvalue weighted by atomic mass is 10.3. The molecule has 0 aliphatic rings. The summed E-state index contributed by atoms with van der Waals surface area (Å²) in [6.45, 7) is 0.412. The van der Waals surface area contributed by atoms with E-state index in [0.717, 1.165) is 0 Å². The summed E-state index contributed by atoms with van der Waals surface area (Å²) in [5, 5.41) is 10.7. The predicted molar refractivity (Wildman–Crippen MR) is 43.3 cm³/mol. The third-order valence-corrected chi connectivity index (χ3v) is 1.16. The number of carbonyl (C=O) groups excluding carboxylic acids is 1. The Morgan fingerprint density at radius 1 is 1.42 bits per heavy atom. The average Bonchev–Trinajstić information content (AvgIpc) is 2.01. The molecule has 4 heteroatoms. The van der Waals surface area contributed by atoms with Crippen LogP contribution in [-0.2, 0) is 9.59 Å². The SMILES string of the molecule is C#CCCNC(=O)CCC(=O)O.